The van der Waals surface area contributed by atoms with Crippen LogP contribution in [0.25, 0.3) is 0 Å². The number of unbranched alkanes of at least 4 members (excludes halogenated alkanes) is 18. The van der Waals surface area contributed by atoms with E-state index in [9.17, 15) is 20.1 Å². The molecule has 0 aromatic carbocycles. The predicted molar refractivity (Wildman–Crippen MR) is 185 cm³/mol. The van der Waals surface area contributed by atoms with Crippen LogP contribution >= 0.6 is 0 Å². The van der Waals surface area contributed by atoms with Crippen molar-refractivity contribution in [2.45, 2.75) is 193 Å². The molecule has 0 aliphatic carbocycles. The molecule has 1 amide bonds. The molecule has 0 heterocycles. The summed E-state index contributed by atoms with van der Waals surface area (Å²) in [5, 5.41) is 33.3. The Hall–Kier alpha value is -1.43. The standard InChI is InChI=1S/C38H71NO4/c1-3-5-7-9-11-13-15-16-17-18-19-20-21-23-24-26-28-30-32-36(41)38(43)35(34-40)39-37(42)33-31-29-27-25-22-14-12-10-8-6-4-2/h10,12,19-20,24,26,35-36,38,40-41,43H,3-9,11,13-18,21-23,25,27-34H2,1-2H3,(H,39,42)/b12-10-,20-19+,26-24+. The van der Waals surface area contributed by atoms with Crippen LogP contribution in [0.4, 0.5) is 0 Å². The summed E-state index contributed by atoms with van der Waals surface area (Å²) in [5.41, 5.74) is 0. The van der Waals surface area contributed by atoms with Gasteiger partial charge in [-0.1, -0.05) is 134 Å². The lowest BCUT2D eigenvalue weighted by Gasteiger charge is -2.26. The van der Waals surface area contributed by atoms with Gasteiger partial charge in [0.25, 0.3) is 0 Å². The van der Waals surface area contributed by atoms with Crippen molar-refractivity contribution in [3.05, 3.63) is 36.5 Å². The molecule has 0 radical (unpaired) electrons. The molecular weight excluding hydrogens is 534 g/mol. The van der Waals surface area contributed by atoms with Gasteiger partial charge in [-0.3, -0.25) is 4.79 Å². The van der Waals surface area contributed by atoms with Gasteiger partial charge in [-0.25, -0.2) is 0 Å². The zero-order valence-corrected chi connectivity index (χ0v) is 28.3. The maximum absolute atomic E-state index is 12.3. The molecule has 0 aromatic heterocycles. The van der Waals surface area contributed by atoms with Gasteiger partial charge in [0.05, 0.1) is 18.8 Å². The van der Waals surface area contributed by atoms with Crippen LogP contribution in [-0.4, -0.2) is 46.1 Å². The Labute approximate surface area is 266 Å². The summed E-state index contributed by atoms with van der Waals surface area (Å²) in [6.45, 7) is 4.09. The average Bonchev–Trinajstić information content (AvgIpc) is 3.01. The van der Waals surface area contributed by atoms with Gasteiger partial charge in [-0.15, -0.1) is 0 Å². The molecule has 0 saturated carbocycles. The highest BCUT2D eigenvalue weighted by molar-refractivity contribution is 5.76. The van der Waals surface area contributed by atoms with Gasteiger partial charge in [0.1, 0.15) is 6.10 Å². The van der Waals surface area contributed by atoms with Crippen molar-refractivity contribution in [1.82, 2.24) is 5.32 Å². The van der Waals surface area contributed by atoms with Crippen molar-refractivity contribution in [2.75, 3.05) is 6.61 Å². The summed E-state index contributed by atoms with van der Waals surface area (Å²) in [4.78, 5) is 12.3. The molecule has 0 aliphatic rings. The molecule has 0 fully saturated rings. The van der Waals surface area contributed by atoms with E-state index in [4.69, 9.17) is 0 Å². The van der Waals surface area contributed by atoms with Crippen LogP contribution in [0.3, 0.4) is 0 Å². The first-order valence-electron chi connectivity index (χ1n) is 18.3. The van der Waals surface area contributed by atoms with Crippen LogP contribution in [0.1, 0.15) is 174 Å². The second-order valence-corrected chi connectivity index (χ2v) is 12.4. The van der Waals surface area contributed by atoms with Gasteiger partial charge in [0.2, 0.25) is 5.91 Å². The van der Waals surface area contributed by atoms with Gasteiger partial charge in [-0.2, -0.15) is 0 Å². The summed E-state index contributed by atoms with van der Waals surface area (Å²) in [5.74, 6) is -0.172. The summed E-state index contributed by atoms with van der Waals surface area (Å²) >= 11 is 0. The monoisotopic (exact) mass is 606 g/mol. The lowest BCUT2D eigenvalue weighted by atomic mass is 10.0. The highest BCUT2D eigenvalue weighted by Crippen LogP contribution is 2.13. The fraction of sp³-hybridized carbons (Fsp3) is 0.816. The summed E-state index contributed by atoms with van der Waals surface area (Å²) in [7, 11) is 0. The van der Waals surface area contributed by atoms with E-state index >= 15 is 0 Å². The van der Waals surface area contributed by atoms with Crippen molar-refractivity contribution >= 4 is 5.91 Å². The van der Waals surface area contributed by atoms with E-state index in [1.807, 2.05) is 0 Å². The molecule has 0 saturated heterocycles. The van der Waals surface area contributed by atoms with Gasteiger partial charge >= 0.3 is 0 Å². The second kappa shape index (κ2) is 33.5. The van der Waals surface area contributed by atoms with Crippen LogP contribution in [0.15, 0.2) is 36.5 Å². The zero-order valence-electron chi connectivity index (χ0n) is 28.3. The van der Waals surface area contributed by atoms with E-state index in [0.717, 1.165) is 51.4 Å². The largest absolute Gasteiger partial charge is 0.394 e. The molecule has 5 heteroatoms. The Morgan fingerprint density at radius 2 is 0.977 bits per heavy atom. The van der Waals surface area contributed by atoms with Crippen LogP contribution in [0.5, 0.6) is 0 Å². The molecule has 0 spiro atoms. The maximum atomic E-state index is 12.3. The minimum Gasteiger partial charge on any atom is -0.394 e. The van der Waals surface area contributed by atoms with E-state index in [0.29, 0.717) is 12.8 Å². The Kier molecular flexibility index (Phi) is 32.3. The minimum absolute atomic E-state index is 0.172. The highest BCUT2D eigenvalue weighted by atomic mass is 16.3. The van der Waals surface area contributed by atoms with Crippen molar-refractivity contribution in [3.63, 3.8) is 0 Å². The molecule has 0 aliphatic heterocycles. The number of rotatable bonds is 32. The quantitative estimate of drug-likeness (QED) is 0.0454. The van der Waals surface area contributed by atoms with Crippen molar-refractivity contribution in [2.24, 2.45) is 0 Å². The number of nitrogens with one attached hydrogen (secondary N) is 1. The van der Waals surface area contributed by atoms with E-state index in [1.165, 1.54) is 96.3 Å². The Balaban J connectivity index is 3.78. The maximum Gasteiger partial charge on any atom is 0.220 e. The molecule has 252 valence electrons. The summed E-state index contributed by atoms with van der Waals surface area (Å²) in [6, 6.07) is -0.833. The summed E-state index contributed by atoms with van der Waals surface area (Å²) in [6.07, 6.45) is 39.5. The SMILES string of the molecule is CCCC/C=C\CCCCCCCC(=O)NC(CO)C(O)C(O)CCC/C=C/CC/C=C/CCCCCCCCCCC. The Morgan fingerprint density at radius 1 is 0.558 bits per heavy atom. The topological polar surface area (TPSA) is 89.8 Å². The number of aliphatic hydroxyl groups is 3. The van der Waals surface area contributed by atoms with Gasteiger partial charge in [0.15, 0.2) is 0 Å². The number of hydrogen-bond donors (Lipinski definition) is 4. The number of amides is 1. The minimum atomic E-state index is -1.17. The van der Waals surface area contributed by atoms with Crippen LogP contribution < -0.4 is 5.32 Å². The lowest BCUT2D eigenvalue weighted by molar-refractivity contribution is -0.124. The highest BCUT2D eigenvalue weighted by Gasteiger charge is 2.26. The Morgan fingerprint density at radius 3 is 1.49 bits per heavy atom. The van der Waals surface area contributed by atoms with Crippen LogP contribution in [-0.2, 0) is 4.79 Å². The Bertz CT molecular complexity index is 675. The molecule has 4 N–H and O–H groups in total. The first-order valence-corrected chi connectivity index (χ1v) is 18.3. The van der Waals surface area contributed by atoms with E-state index in [-0.39, 0.29) is 12.5 Å². The average molecular weight is 606 g/mol. The third-order valence-corrected chi connectivity index (χ3v) is 8.19. The van der Waals surface area contributed by atoms with E-state index in [1.54, 1.807) is 0 Å². The number of carbonyl (C=O) groups is 1. The van der Waals surface area contributed by atoms with Gasteiger partial charge < -0.3 is 20.6 Å². The van der Waals surface area contributed by atoms with E-state index in [2.05, 4.69) is 55.6 Å². The van der Waals surface area contributed by atoms with Crippen LogP contribution in [0, 0.1) is 0 Å². The zero-order chi connectivity index (χ0) is 31.6. The number of aliphatic hydroxyl groups excluding tert-OH is 3. The summed E-state index contributed by atoms with van der Waals surface area (Å²) < 4.78 is 0. The number of allylic oxidation sites excluding steroid dienone is 6. The molecule has 0 rings (SSSR count). The molecule has 5 nitrogen and oxygen atoms in total. The smallest absolute Gasteiger partial charge is 0.220 e. The lowest BCUT2D eigenvalue weighted by Crippen LogP contribution is -2.50. The van der Waals surface area contributed by atoms with Crippen molar-refractivity contribution in [1.29, 1.82) is 0 Å². The molecule has 0 aromatic rings. The van der Waals surface area contributed by atoms with Gasteiger partial charge in [0, 0.05) is 6.42 Å². The van der Waals surface area contributed by atoms with Crippen molar-refractivity contribution < 1.29 is 20.1 Å². The number of hydrogen-bond acceptors (Lipinski definition) is 4. The van der Waals surface area contributed by atoms with E-state index < -0.39 is 18.2 Å². The third kappa shape index (κ3) is 29.1. The molecule has 43 heavy (non-hydrogen) atoms. The second-order valence-electron chi connectivity index (χ2n) is 12.4. The van der Waals surface area contributed by atoms with Crippen molar-refractivity contribution in [3.8, 4) is 0 Å². The number of carbonyl (C=O) groups excluding carboxylic acids is 1. The first-order chi connectivity index (χ1) is 21.1. The first kappa shape index (κ1) is 41.6. The molecule has 0 bridgehead atoms. The third-order valence-electron chi connectivity index (χ3n) is 8.19. The fourth-order valence-electron chi connectivity index (χ4n) is 5.27. The van der Waals surface area contributed by atoms with Gasteiger partial charge in [-0.05, 0) is 70.6 Å². The predicted octanol–water partition coefficient (Wildman–Crippen LogP) is 9.65. The fourth-order valence-corrected chi connectivity index (χ4v) is 5.27. The molecule has 3 atom stereocenters. The molecular formula is C38H71NO4. The normalized spacial score (nSPS) is 14.3. The van der Waals surface area contributed by atoms with Crippen LogP contribution in [0.2, 0.25) is 0 Å². The molecule has 3 unspecified atom stereocenters.